The molecule has 0 radical (unpaired) electrons. The highest BCUT2D eigenvalue weighted by atomic mass is 32.1. The highest BCUT2D eigenvalue weighted by Gasteiger charge is 2.14. The van der Waals surface area contributed by atoms with E-state index in [1.54, 1.807) is 6.08 Å². The van der Waals surface area contributed by atoms with Gasteiger partial charge in [0.15, 0.2) is 0 Å². The lowest BCUT2D eigenvalue weighted by Crippen LogP contribution is -2.26. The summed E-state index contributed by atoms with van der Waals surface area (Å²) in [4.78, 5) is 12.4. The Morgan fingerprint density at radius 1 is 1.59 bits per heavy atom. The Kier molecular flexibility index (Phi) is 5.09. The fourth-order valence-corrected chi connectivity index (χ4v) is 2.12. The second kappa shape index (κ2) is 6.34. The van der Waals surface area contributed by atoms with Crippen molar-refractivity contribution in [2.75, 3.05) is 18.0 Å². The Morgan fingerprint density at radius 3 is 2.76 bits per heavy atom. The fraction of sp³-hybridized carbons (Fsp3) is 0.545. The van der Waals surface area contributed by atoms with Gasteiger partial charge in [0.2, 0.25) is 5.13 Å². The van der Waals surface area contributed by atoms with Gasteiger partial charge in [-0.05, 0) is 0 Å². The second-order valence-corrected chi connectivity index (χ2v) is 4.94. The number of carboxylic acids is 1. The van der Waals surface area contributed by atoms with E-state index in [1.807, 2.05) is 4.90 Å². The molecule has 0 amide bonds. The maximum Gasteiger partial charge on any atom is 0.305 e. The minimum absolute atomic E-state index is 0.0877. The third-order valence-electron chi connectivity index (χ3n) is 2.14. The molecule has 0 aromatic carbocycles. The van der Waals surface area contributed by atoms with Crippen LogP contribution >= 0.6 is 11.3 Å². The normalized spacial score (nSPS) is 10.5. The monoisotopic (exact) mass is 255 g/mol. The Bertz CT molecular complexity index is 390. The van der Waals surface area contributed by atoms with E-state index in [4.69, 9.17) is 5.11 Å². The van der Waals surface area contributed by atoms with Crippen LogP contribution in [-0.2, 0) is 4.79 Å². The summed E-state index contributed by atoms with van der Waals surface area (Å²) in [5, 5.41) is 18.6. The Balaban J connectivity index is 2.73. The van der Waals surface area contributed by atoms with Crippen molar-refractivity contribution >= 4 is 22.4 Å². The summed E-state index contributed by atoms with van der Waals surface area (Å²) in [7, 11) is 0. The van der Waals surface area contributed by atoms with Crippen molar-refractivity contribution in [3.05, 3.63) is 17.7 Å². The Hall–Kier alpha value is -1.43. The molecule has 17 heavy (non-hydrogen) atoms. The van der Waals surface area contributed by atoms with E-state index >= 15 is 0 Å². The van der Waals surface area contributed by atoms with Gasteiger partial charge in [-0.1, -0.05) is 31.3 Å². The number of carbonyl (C=O) groups is 1. The molecule has 0 unspecified atom stereocenters. The van der Waals surface area contributed by atoms with E-state index in [0.29, 0.717) is 19.0 Å². The molecule has 1 N–H and O–H groups in total. The molecule has 1 rings (SSSR count). The molecular weight excluding hydrogens is 238 g/mol. The molecule has 0 aliphatic rings. The molecule has 1 heterocycles. The molecule has 0 saturated heterocycles. The molecule has 0 atom stereocenters. The van der Waals surface area contributed by atoms with Gasteiger partial charge in [0.1, 0.15) is 5.01 Å². The third-order valence-corrected chi connectivity index (χ3v) is 3.42. The molecule has 1 aromatic heterocycles. The Labute approximate surface area is 105 Å². The maximum absolute atomic E-state index is 10.6. The van der Waals surface area contributed by atoms with Crippen LogP contribution in [0.5, 0.6) is 0 Å². The van der Waals surface area contributed by atoms with E-state index < -0.39 is 5.97 Å². The largest absolute Gasteiger partial charge is 0.481 e. The van der Waals surface area contributed by atoms with E-state index in [9.17, 15) is 4.79 Å². The quantitative estimate of drug-likeness (QED) is 0.756. The van der Waals surface area contributed by atoms with Crippen LogP contribution in [0.2, 0.25) is 0 Å². The molecule has 0 spiro atoms. The van der Waals surface area contributed by atoms with E-state index in [-0.39, 0.29) is 6.42 Å². The van der Waals surface area contributed by atoms with Crippen LogP contribution in [0.25, 0.3) is 0 Å². The number of nitrogens with zero attached hydrogens (tertiary/aromatic N) is 3. The molecule has 0 aliphatic carbocycles. The summed E-state index contributed by atoms with van der Waals surface area (Å²) >= 11 is 1.50. The van der Waals surface area contributed by atoms with Crippen molar-refractivity contribution in [2.24, 2.45) is 0 Å². The number of carboxylic acid groups (broad SMARTS) is 1. The van der Waals surface area contributed by atoms with Gasteiger partial charge in [0.25, 0.3) is 0 Å². The average Bonchev–Trinajstić information content (AvgIpc) is 2.73. The van der Waals surface area contributed by atoms with E-state index in [2.05, 4.69) is 30.6 Å². The topological polar surface area (TPSA) is 66.3 Å². The highest BCUT2D eigenvalue weighted by Crippen LogP contribution is 2.25. The fourth-order valence-electron chi connectivity index (χ4n) is 1.24. The second-order valence-electron chi connectivity index (χ2n) is 3.96. The summed E-state index contributed by atoms with van der Waals surface area (Å²) in [6.07, 6.45) is 1.82. The molecule has 94 valence electrons. The van der Waals surface area contributed by atoms with E-state index in [1.165, 1.54) is 11.3 Å². The van der Waals surface area contributed by atoms with Gasteiger partial charge in [0, 0.05) is 19.0 Å². The first kappa shape index (κ1) is 13.6. The molecule has 0 saturated carbocycles. The minimum Gasteiger partial charge on any atom is -0.481 e. The average molecular weight is 255 g/mol. The number of aromatic nitrogens is 2. The minimum atomic E-state index is -0.812. The SMILES string of the molecule is C=CCN(CCC(=O)O)c1nnc(C(C)C)s1. The predicted octanol–water partition coefficient (Wildman–Crippen LogP) is 2.13. The lowest BCUT2D eigenvalue weighted by atomic mass is 10.2. The Morgan fingerprint density at radius 2 is 2.29 bits per heavy atom. The smallest absolute Gasteiger partial charge is 0.305 e. The predicted molar refractivity (Wildman–Crippen MR) is 68.7 cm³/mol. The summed E-state index contributed by atoms with van der Waals surface area (Å²) in [6.45, 7) is 8.78. The van der Waals surface area contributed by atoms with E-state index in [0.717, 1.165) is 10.1 Å². The van der Waals surface area contributed by atoms with Crippen molar-refractivity contribution in [3.8, 4) is 0 Å². The maximum atomic E-state index is 10.6. The standard InChI is InChI=1S/C11H17N3O2S/c1-4-6-14(7-5-9(15)16)11-13-12-10(17-11)8(2)3/h4,8H,1,5-7H2,2-3H3,(H,15,16). The molecule has 0 aliphatic heterocycles. The lowest BCUT2D eigenvalue weighted by molar-refractivity contribution is -0.136. The van der Waals surface area contributed by atoms with Crippen LogP contribution in [0, 0.1) is 0 Å². The van der Waals surface area contributed by atoms with Crippen LogP contribution in [-0.4, -0.2) is 34.4 Å². The molecule has 1 aromatic rings. The van der Waals surface area contributed by atoms with Crippen LogP contribution < -0.4 is 4.90 Å². The summed E-state index contributed by atoms with van der Waals surface area (Å²) < 4.78 is 0. The van der Waals surface area contributed by atoms with Crippen molar-refractivity contribution in [1.82, 2.24) is 10.2 Å². The summed E-state index contributed by atoms with van der Waals surface area (Å²) in [5.41, 5.74) is 0. The van der Waals surface area contributed by atoms with Crippen molar-refractivity contribution in [3.63, 3.8) is 0 Å². The van der Waals surface area contributed by atoms with Gasteiger partial charge >= 0.3 is 5.97 Å². The molecular formula is C11H17N3O2S. The molecule has 5 nitrogen and oxygen atoms in total. The summed E-state index contributed by atoms with van der Waals surface area (Å²) in [6, 6.07) is 0. The number of aliphatic carboxylic acids is 1. The molecule has 0 bridgehead atoms. The molecule has 0 fully saturated rings. The zero-order valence-electron chi connectivity index (χ0n) is 10.1. The van der Waals surface area contributed by atoms with Gasteiger partial charge < -0.3 is 10.0 Å². The number of hydrogen-bond donors (Lipinski definition) is 1. The van der Waals surface area contributed by atoms with Crippen LogP contribution in [0.4, 0.5) is 5.13 Å². The van der Waals surface area contributed by atoms with Crippen molar-refractivity contribution in [1.29, 1.82) is 0 Å². The van der Waals surface area contributed by atoms with Crippen LogP contribution in [0.1, 0.15) is 31.2 Å². The lowest BCUT2D eigenvalue weighted by Gasteiger charge is -2.17. The van der Waals surface area contributed by atoms with Crippen molar-refractivity contribution < 1.29 is 9.90 Å². The first-order valence-corrected chi connectivity index (χ1v) is 6.27. The van der Waals surface area contributed by atoms with Gasteiger partial charge in [0.05, 0.1) is 6.42 Å². The number of hydrogen-bond acceptors (Lipinski definition) is 5. The number of rotatable bonds is 7. The van der Waals surface area contributed by atoms with Crippen molar-refractivity contribution in [2.45, 2.75) is 26.2 Å². The van der Waals surface area contributed by atoms with Gasteiger partial charge in [-0.3, -0.25) is 4.79 Å². The van der Waals surface area contributed by atoms with Gasteiger partial charge in [-0.25, -0.2) is 0 Å². The van der Waals surface area contributed by atoms with Gasteiger partial charge in [-0.15, -0.1) is 16.8 Å². The first-order valence-electron chi connectivity index (χ1n) is 5.45. The van der Waals surface area contributed by atoms with Gasteiger partial charge in [-0.2, -0.15) is 0 Å². The third kappa shape index (κ3) is 4.14. The zero-order valence-corrected chi connectivity index (χ0v) is 10.9. The first-order chi connectivity index (χ1) is 8.04. The van der Waals surface area contributed by atoms with Crippen LogP contribution in [0.3, 0.4) is 0 Å². The number of anilines is 1. The zero-order chi connectivity index (χ0) is 12.8. The highest BCUT2D eigenvalue weighted by molar-refractivity contribution is 7.15. The van der Waals surface area contributed by atoms with Crippen LogP contribution in [0.15, 0.2) is 12.7 Å². The summed E-state index contributed by atoms with van der Waals surface area (Å²) in [5.74, 6) is -0.473. The molecule has 6 heteroatoms.